The third-order valence-electron chi connectivity index (χ3n) is 2.06. The lowest BCUT2D eigenvalue weighted by atomic mass is 10.2. The van der Waals surface area contributed by atoms with E-state index in [0.29, 0.717) is 5.56 Å². The van der Waals surface area contributed by atoms with Gasteiger partial charge in [-0.05, 0) is 6.07 Å². The van der Waals surface area contributed by atoms with Gasteiger partial charge in [0.1, 0.15) is 6.04 Å². The lowest BCUT2D eigenvalue weighted by Gasteiger charge is -2.07. The maximum atomic E-state index is 10.7. The first-order valence-electron chi connectivity index (χ1n) is 4.80. The SMILES string of the molecule is N[C@@H](COCc1ccccc1[N+](=O)[O-])C(=O)O. The molecule has 0 unspecified atom stereocenters. The molecule has 92 valence electrons. The minimum absolute atomic E-state index is 0.0435. The number of carbonyl (C=O) groups is 1. The number of nitro groups is 1. The van der Waals surface area contributed by atoms with Crippen molar-refractivity contribution in [1.82, 2.24) is 0 Å². The van der Waals surface area contributed by atoms with E-state index >= 15 is 0 Å². The number of nitro benzene ring substituents is 1. The van der Waals surface area contributed by atoms with Crippen LogP contribution in [-0.2, 0) is 16.1 Å². The van der Waals surface area contributed by atoms with E-state index in [4.69, 9.17) is 15.6 Å². The van der Waals surface area contributed by atoms with Gasteiger partial charge in [-0.3, -0.25) is 14.9 Å². The first kappa shape index (κ1) is 13.1. The van der Waals surface area contributed by atoms with Crippen LogP contribution in [0.5, 0.6) is 0 Å². The summed E-state index contributed by atoms with van der Waals surface area (Å²) in [5.74, 6) is -1.17. The molecule has 0 heterocycles. The second kappa shape index (κ2) is 5.92. The number of ether oxygens (including phenoxy) is 1. The van der Waals surface area contributed by atoms with Gasteiger partial charge in [0.2, 0.25) is 0 Å². The molecule has 0 amide bonds. The molecule has 7 nitrogen and oxygen atoms in total. The van der Waals surface area contributed by atoms with Gasteiger partial charge >= 0.3 is 5.97 Å². The van der Waals surface area contributed by atoms with Gasteiger partial charge in [0, 0.05) is 6.07 Å². The maximum absolute atomic E-state index is 10.7. The molecular weight excluding hydrogens is 228 g/mol. The van der Waals surface area contributed by atoms with Crippen LogP contribution in [0.25, 0.3) is 0 Å². The van der Waals surface area contributed by atoms with Crippen molar-refractivity contribution < 1.29 is 19.6 Å². The summed E-state index contributed by atoms with van der Waals surface area (Å²) in [4.78, 5) is 20.5. The number of para-hydroxylation sites is 1. The van der Waals surface area contributed by atoms with E-state index in [1.54, 1.807) is 18.2 Å². The molecule has 7 heteroatoms. The average molecular weight is 240 g/mol. The minimum Gasteiger partial charge on any atom is -0.480 e. The van der Waals surface area contributed by atoms with Crippen LogP contribution in [0.2, 0.25) is 0 Å². The largest absolute Gasteiger partial charge is 0.480 e. The highest BCUT2D eigenvalue weighted by Crippen LogP contribution is 2.18. The van der Waals surface area contributed by atoms with E-state index < -0.39 is 16.9 Å². The van der Waals surface area contributed by atoms with Gasteiger partial charge in [0.05, 0.1) is 23.7 Å². The first-order chi connectivity index (χ1) is 8.02. The predicted molar refractivity (Wildman–Crippen MR) is 58.4 cm³/mol. The van der Waals surface area contributed by atoms with Crippen LogP contribution in [0.1, 0.15) is 5.56 Å². The molecule has 0 aliphatic heterocycles. The van der Waals surface area contributed by atoms with Gasteiger partial charge < -0.3 is 15.6 Å². The molecule has 0 radical (unpaired) electrons. The molecule has 0 aliphatic rings. The topological polar surface area (TPSA) is 116 Å². The normalized spacial score (nSPS) is 12.1. The number of carboxylic acids is 1. The third-order valence-corrected chi connectivity index (χ3v) is 2.06. The van der Waals surface area contributed by atoms with Crippen LogP contribution in [0.4, 0.5) is 5.69 Å². The van der Waals surface area contributed by atoms with Crippen molar-refractivity contribution in [1.29, 1.82) is 0 Å². The Morgan fingerprint density at radius 1 is 1.53 bits per heavy atom. The highest BCUT2D eigenvalue weighted by Gasteiger charge is 2.14. The second-order valence-electron chi connectivity index (χ2n) is 3.35. The lowest BCUT2D eigenvalue weighted by molar-refractivity contribution is -0.385. The van der Waals surface area contributed by atoms with Crippen molar-refractivity contribution in [3.8, 4) is 0 Å². The Kier molecular flexibility index (Phi) is 4.56. The van der Waals surface area contributed by atoms with E-state index in [1.165, 1.54) is 6.07 Å². The van der Waals surface area contributed by atoms with Gasteiger partial charge in [0.15, 0.2) is 0 Å². The second-order valence-corrected chi connectivity index (χ2v) is 3.35. The molecule has 0 fully saturated rings. The smallest absolute Gasteiger partial charge is 0.322 e. The quantitative estimate of drug-likeness (QED) is 0.553. The van der Waals surface area contributed by atoms with E-state index in [2.05, 4.69) is 0 Å². The summed E-state index contributed by atoms with van der Waals surface area (Å²) in [6.07, 6.45) is 0. The lowest BCUT2D eigenvalue weighted by Crippen LogP contribution is -2.34. The number of rotatable bonds is 6. The molecule has 0 aliphatic carbocycles. The van der Waals surface area contributed by atoms with Crippen molar-refractivity contribution in [2.24, 2.45) is 5.73 Å². The minimum atomic E-state index is -1.17. The van der Waals surface area contributed by atoms with Gasteiger partial charge in [-0.2, -0.15) is 0 Å². The van der Waals surface area contributed by atoms with E-state index in [1.807, 2.05) is 0 Å². The molecule has 17 heavy (non-hydrogen) atoms. The van der Waals surface area contributed by atoms with Gasteiger partial charge in [0.25, 0.3) is 5.69 Å². The zero-order chi connectivity index (χ0) is 12.8. The number of benzene rings is 1. The Labute approximate surface area is 97.0 Å². The maximum Gasteiger partial charge on any atom is 0.322 e. The number of aliphatic carboxylic acids is 1. The molecule has 1 rings (SSSR count). The molecule has 0 saturated heterocycles. The van der Waals surface area contributed by atoms with Crippen molar-refractivity contribution >= 4 is 11.7 Å². The molecule has 0 bridgehead atoms. The van der Waals surface area contributed by atoms with Crippen LogP contribution >= 0.6 is 0 Å². The van der Waals surface area contributed by atoms with E-state index in [9.17, 15) is 14.9 Å². The summed E-state index contributed by atoms with van der Waals surface area (Å²) in [5.41, 5.74) is 5.55. The van der Waals surface area contributed by atoms with Gasteiger partial charge in [-0.1, -0.05) is 12.1 Å². The number of nitrogens with two attached hydrogens (primary N) is 1. The molecule has 1 atom stereocenters. The monoisotopic (exact) mass is 240 g/mol. The summed E-state index contributed by atoms with van der Waals surface area (Å²) >= 11 is 0. The molecule has 0 saturated carbocycles. The Hall–Kier alpha value is -1.99. The standard InChI is InChI=1S/C10H12N2O5/c11-8(10(13)14)6-17-5-7-3-1-2-4-9(7)12(15)16/h1-4,8H,5-6,11H2,(H,13,14)/t8-/m0/s1. The van der Waals surface area contributed by atoms with Gasteiger partial charge in [-0.25, -0.2) is 0 Å². The van der Waals surface area contributed by atoms with Crippen molar-refractivity contribution in [2.45, 2.75) is 12.6 Å². The molecule has 0 aromatic heterocycles. The van der Waals surface area contributed by atoms with E-state index in [-0.39, 0.29) is 18.9 Å². The van der Waals surface area contributed by atoms with Crippen molar-refractivity contribution in [2.75, 3.05) is 6.61 Å². The number of nitrogens with zero attached hydrogens (tertiary/aromatic N) is 1. The van der Waals surface area contributed by atoms with Crippen LogP contribution in [0, 0.1) is 10.1 Å². The Morgan fingerprint density at radius 2 is 2.18 bits per heavy atom. The number of carboxylic acid groups (broad SMARTS) is 1. The summed E-state index contributed by atoms with van der Waals surface area (Å²) in [7, 11) is 0. The van der Waals surface area contributed by atoms with Crippen molar-refractivity contribution in [3.63, 3.8) is 0 Å². The van der Waals surface area contributed by atoms with E-state index in [0.717, 1.165) is 0 Å². The third kappa shape index (κ3) is 3.82. The summed E-state index contributed by atoms with van der Waals surface area (Å²) in [5, 5.41) is 19.2. The number of hydrogen-bond donors (Lipinski definition) is 2. The first-order valence-corrected chi connectivity index (χ1v) is 4.80. The molecule has 0 spiro atoms. The van der Waals surface area contributed by atoms with Crippen molar-refractivity contribution in [3.05, 3.63) is 39.9 Å². The Bertz CT molecular complexity index is 421. The zero-order valence-electron chi connectivity index (χ0n) is 8.91. The fourth-order valence-corrected chi connectivity index (χ4v) is 1.18. The molecular formula is C10H12N2O5. The fourth-order valence-electron chi connectivity index (χ4n) is 1.18. The Balaban J connectivity index is 2.58. The highest BCUT2D eigenvalue weighted by atomic mass is 16.6. The Morgan fingerprint density at radius 3 is 2.76 bits per heavy atom. The van der Waals surface area contributed by atoms with Crippen LogP contribution in [0.3, 0.4) is 0 Å². The van der Waals surface area contributed by atoms with Crippen LogP contribution in [0.15, 0.2) is 24.3 Å². The average Bonchev–Trinajstić information content (AvgIpc) is 2.29. The molecule has 1 aromatic carbocycles. The number of hydrogen-bond acceptors (Lipinski definition) is 5. The molecule has 3 N–H and O–H groups in total. The summed E-state index contributed by atoms with van der Waals surface area (Å²) in [6.45, 7) is -0.237. The van der Waals surface area contributed by atoms with Gasteiger partial charge in [-0.15, -0.1) is 0 Å². The van der Waals surface area contributed by atoms with Crippen LogP contribution < -0.4 is 5.73 Å². The highest BCUT2D eigenvalue weighted by molar-refractivity contribution is 5.73. The summed E-state index contributed by atoms with van der Waals surface area (Å²) in [6, 6.07) is 4.96. The molecule has 1 aromatic rings. The zero-order valence-corrected chi connectivity index (χ0v) is 8.91. The predicted octanol–water partition coefficient (Wildman–Crippen LogP) is 0.523. The fraction of sp³-hybridized carbons (Fsp3) is 0.300. The van der Waals surface area contributed by atoms with Crippen LogP contribution in [-0.4, -0.2) is 28.6 Å². The summed E-state index contributed by atoms with van der Waals surface area (Å²) < 4.78 is 5.02.